The normalized spacial score (nSPS) is 11.4. The minimum Gasteiger partial charge on any atom is -0.338 e. The maximum Gasteiger partial charge on any atom is 0.280 e. The van der Waals surface area contributed by atoms with Gasteiger partial charge in [-0.2, -0.15) is 0 Å². The Balaban J connectivity index is 2.07. The van der Waals surface area contributed by atoms with Gasteiger partial charge in [0.1, 0.15) is 16.4 Å². The lowest BCUT2D eigenvalue weighted by molar-refractivity contribution is -0.384. The van der Waals surface area contributed by atoms with Crippen molar-refractivity contribution in [3.8, 4) is 11.3 Å². The van der Waals surface area contributed by atoms with Crippen molar-refractivity contribution in [1.29, 1.82) is 0 Å². The van der Waals surface area contributed by atoms with Crippen molar-refractivity contribution in [2.24, 2.45) is 5.14 Å². The largest absolute Gasteiger partial charge is 0.338 e. The summed E-state index contributed by atoms with van der Waals surface area (Å²) < 4.78 is 24.5. The summed E-state index contributed by atoms with van der Waals surface area (Å²) in [6, 6.07) is 13.6. The van der Waals surface area contributed by atoms with Crippen molar-refractivity contribution in [1.82, 2.24) is 15.0 Å². The quantitative estimate of drug-likeness (QED) is 0.262. The third-order valence-electron chi connectivity index (χ3n) is 4.30. The molecule has 0 spiro atoms. The number of nitro groups is 1. The third kappa shape index (κ3) is 4.14. The van der Waals surface area contributed by atoms with Gasteiger partial charge in [-0.3, -0.25) is 10.1 Å². The number of nitrogens with two attached hydrogens (primary N) is 1. The van der Waals surface area contributed by atoms with Crippen LogP contribution in [0, 0.1) is 10.1 Å². The highest BCUT2D eigenvalue weighted by Crippen LogP contribution is 2.39. The molecule has 0 unspecified atom stereocenters. The summed E-state index contributed by atoms with van der Waals surface area (Å²) in [4.78, 5) is 23.5. The van der Waals surface area contributed by atoms with Gasteiger partial charge in [0, 0.05) is 18.0 Å². The Morgan fingerprint density at radius 1 is 1.03 bits per heavy atom. The number of nitro benzene ring substituents is 1. The Hall–Kier alpha value is -3.67. The first-order valence-electron chi connectivity index (χ1n) is 8.70. The second-order valence-electron chi connectivity index (χ2n) is 6.35. The van der Waals surface area contributed by atoms with Crippen molar-refractivity contribution in [3.05, 3.63) is 76.1 Å². The van der Waals surface area contributed by atoms with Gasteiger partial charge in [-0.1, -0.05) is 29.8 Å². The van der Waals surface area contributed by atoms with Crippen molar-refractivity contribution in [2.75, 3.05) is 5.32 Å². The van der Waals surface area contributed by atoms with E-state index in [2.05, 4.69) is 20.3 Å². The van der Waals surface area contributed by atoms with Crippen LogP contribution in [0.4, 0.5) is 17.2 Å². The SMILES string of the molecule is NS(=O)(=O)c1cccc([N+](=O)[O-])c1-c1nc2ccccc2nc1Nc1ccnc(Cl)c1. The molecule has 31 heavy (non-hydrogen) atoms. The Kier molecular flexibility index (Phi) is 5.23. The number of nitrogens with one attached hydrogen (secondary N) is 1. The van der Waals surface area contributed by atoms with Gasteiger partial charge in [-0.25, -0.2) is 28.5 Å². The predicted octanol–water partition coefficient (Wildman–Crippen LogP) is 3.64. The molecule has 0 saturated heterocycles. The Morgan fingerprint density at radius 2 is 1.74 bits per heavy atom. The smallest absolute Gasteiger partial charge is 0.280 e. The Morgan fingerprint density at radius 3 is 2.39 bits per heavy atom. The maximum absolute atomic E-state index is 12.2. The number of para-hydroxylation sites is 2. The number of primary sulfonamides is 1. The van der Waals surface area contributed by atoms with Gasteiger partial charge in [-0.05, 0) is 30.3 Å². The van der Waals surface area contributed by atoms with Crippen LogP contribution in [-0.2, 0) is 10.0 Å². The molecule has 10 nitrogen and oxygen atoms in total. The Bertz CT molecular complexity index is 1440. The second-order valence-corrected chi connectivity index (χ2v) is 8.27. The highest BCUT2D eigenvalue weighted by Gasteiger charge is 2.28. The number of hydrogen-bond acceptors (Lipinski definition) is 8. The summed E-state index contributed by atoms with van der Waals surface area (Å²) in [5, 5.41) is 20.3. The Labute approximate surface area is 180 Å². The molecule has 0 amide bonds. The number of nitrogens with zero attached hydrogens (tertiary/aromatic N) is 4. The summed E-state index contributed by atoms with van der Waals surface area (Å²) in [5.74, 6) is 0.0835. The molecular weight excluding hydrogens is 444 g/mol. The van der Waals surface area contributed by atoms with Crippen LogP contribution in [0.2, 0.25) is 5.15 Å². The molecule has 2 aromatic carbocycles. The van der Waals surface area contributed by atoms with Crippen LogP contribution in [0.25, 0.3) is 22.3 Å². The van der Waals surface area contributed by atoms with Crippen LogP contribution in [0.5, 0.6) is 0 Å². The van der Waals surface area contributed by atoms with Crippen LogP contribution in [-0.4, -0.2) is 28.3 Å². The number of halogens is 1. The fourth-order valence-corrected chi connectivity index (χ4v) is 3.95. The number of anilines is 2. The fourth-order valence-electron chi connectivity index (χ4n) is 3.03. The van der Waals surface area contributed by atoms with Crippen molar-refractivity contribution in [2.45, 2.75) is 4.90 Å². The molecule has 0 aliphatic carbocycles. The molecule has 0 saturated carbocycles. The van der Waals surface area contributed by atoms with E-state index in [4.69, 9.17) is 16.7 Å². The molecule has 0 aliphatic heterocycles. The summed E-state index contributed by atoms with van der Waals surface area (Å²) in [5.41, 5.74) is 0.575. The lowest BCUT2D eigenvalue weighted by Gasteiger charge is -2.14. The van der Waals surface area contributed by atoms with Gasteiger partial charge in [0.05, 0.1) is 20.9 Å². The van der Waals surface area contributed by atoms with E-state index in [-0.39, 0.29) is 22.2 Å². The first-order valence-corrected chi connectivity index (χ1v) is 10.6. The van der Waals surface area contributed by atoms with E-state index >= 15 is 0 Å². The number of aromatic nitrogens is 3. The van der Waals surface area contributed by atoms with E-state index in [1.807, 2.05) is 0 Å². The third-order valence-corrected chi connectivity index (χ3v) is 5.46. The van der Waals surface area contributed by atoms with Gasteiger partial charge in [0.25, 0.3) is 5.69 Å². The lowest BCUT2D eigenvalue weighted by atomic mass is 10.1. The van der Waals surface area contributed by atoms with Crippen LogP contribution < -0.4 is 10.5 Å². The lowest BCUT2D eigenvalue weighted by Crippen LogP contribution is -2.15. The zero-order valence-corrected chi connectivity index (χ0v) is 17.1. The van der Waals surface area contributed by atoms with E-state index in [0.29, 0.717) is 16.7 Å². The molecule has 4 rings (SSSR count). The molecule has 2 aromatic heterocycles. The van der Waals surface area contributed by atoms with Crippen molar-refractivity contribution < 1.29 is 13.3 Å². The standard InChI is InChI=1S/C19H13ClN6O4S/c20-16-10-11(8-9-22-16)23-19-18(24-12-4-1-2-5-13(12)25-19)17-14(26(27)28)6-3-7-15(17)31(21,29)30/h1-10H,(H2,21,29,30)(H,22,23,25). The first kappa shape index (κ1) is 20.6. The summed E-state index contributed by atoms with van der Waals surface area (Å²) in [6.45, 7) is 0. The zero-order valence-electron chi connectivity index (χ0n) is 15.6. The van der Waals surface area contributed by atoms with Gasteiger partial charge in [0.15, 0.2) is 5.82 Å². The van der Waals surface area contributed by atoms with Gasteiger partial charge < -0.3 is 5.32 Å². The fraction of sp³-hybridized carbons (Fsp3) is 0. The molecule has 156 valence electrons. The van der Waals surface area contributed by atoms with E-state index < -0.39 is 25.5 Å². The first-order chi connectivity index (χ1) is 14.7. The van der Waals surface area contributed by atoms with Crippen LogP contribution in [0.1, 0.15) is 0 Å². The molecule has 0 aliphatic rings. The molecule has 12 heteroatoms. The van der Waals surface area contributed by atoms with E-state index in [0.717, 1.165) is 0 Å². The number of pyridine rings is 1. The average molecular weight is 457 g/mol. The van der Waals surface area contributed by atoms with Crippen LogP contribution >= 0.6 is 11.6 Å². The number of benzene rings is 2. The average Bonchev–Trinajstić information content (AvgIpc) is 2.72. The van der Waals surface area contributed by atoms with Crippen molar-refractivity contribution in [3.63, 3.8) is 0 Å². The highest BCUT2D eigenvalue weighted by molar-refractivity contribution is 7.89. The molecule has 3 N–H and O–H groups in total. The number of rotatable bonds is 5. The van der Waals surface area contributed by atoms with Crippen LogP contribution in [0.15, 0.2) is 65.7 Å². The highest BCUT2D eigenvalue weighted by atomic mass is 35.5. The van der Waals surface area contributed by atoms with E-state index in [9.17, 15) is 18.5 Å². The molecular formula is C19H13ClN6O4S. The maximum atomic E-state index is 12.2. The predicted molar refractivity (Wildman–Crippen MR) is 116 cm³/mol. The van der Waals surface area contributed by atoms with Gasteiger partial charge in [-0.15, -0.1) is 0 Å². The molecule has 0 fully saturated rings. The number of sulfonamides is 1. The summed E-state index contributed by atoms with van der Waals surface area (Å²) in [6.07, 6.45) is 1.46. The van der Waals surface area contributed by atoms with Crippen molar-refractivity contribution >= 4 is 49.9 Å². The minimum atomic E-state index is -4.32. The number of fused-ring (bicyclic) bond motifs is 1. The van der Waals surface area contributed by atoms with E-state index in [1.165, 1.54) is 30.5 Å². The topological polar surface area (TPSA) is 154 Å². The van der Waals surface area contributed by atoms with E-state index in [1.54, 1.807) is 30.3 Å². The zero-order chi connectivity index (χ0) is 22.2. The number of hydrogen-bond donors (Lipinski definition) is 2. The monoisotopic (exact) mass is 456 g/mol. The summed E-state index contributed by atoms with van der Waals surface area (Å²) in [7, 11) is -4.32. The minimum absolute atomic E-state index is 0.0528. The molecule has 0 bridgehead atoms. The van der Waals surface area contributed by atoms with Gasteiger partial charge >= 0.3 is 0 Å². The molecule has 0 atom stereocenters. The van der Waals surface area contributed by atoms with Gasteiger partial charge in [0.2, 0.25) is 10.0 Å². The molecule has 2 heterocycles. The summed E-state index contributed by atoms with van der Waals surface area (Å²) >= 11 is 5.94. The van der Waals surface area contributed by atoms with Crippen LogP contribution in [0.3, 0.4) is 0 Å². The second kappa shape index (κ2) is 7.87. The molecule has 0 radical (unpaired) electrons. The molecule has 4 aromatic rings.